The van der Waals surface area contributed by atoms with Crippen LogP contribution >= 0.6 is 31.9 Å². The molecule has 0 amide bonds. The Morgan fingerprint density at radius 3 is 2.44 bits per heavy atom. The first-order chi connectivity index (χ1) is 7.56. The number of hydrogen-bond acceptors (Lipinski definition) is 2. The lowest BCUT2D eigenvalue weighted by Gasteiger charge is -2.11. The van der Waals surface area contributed by atoms with Gasteiger partial charge >= 0.3 is 0 Å². The summed E-state index contributed by atoms with van der Waals surface area (Å²) in [5, 5.41) is 0. The Hall–Kier alpha value is -0.350. The summed E-state index contributed by atoms with van der Waals surface area (Å²) in [7, 11) is 0. The zero-order valence-corrected chi connectivity index (χ0v) is 12.5. The van der Waals surface area contributed by atoms with E-state index in [9.17, 15) is 4.79 Å². The molecule has 1 atom stereocenters. The number of rotatable bonds is 5. The van der Waals surface area contributed by atoms with E-state index >= 15 is 0 Å². The van der Waals surface area contributed by atoms with Crippen LogP contribution in [0.15, 0.2) is 27.1 Å². The Labute approximate surface area is 113 Å². The van der Waals surface area contributed by atoms with Crippen molar-refractivity contribution >= 4 is 37.6 Å². The second-order valence-electron chi connectivity index (χ2n) is 3.62. The van der Waals surface area contributed by atoms with Gasteiger partial charge in [-0.25, -0.2) is 0 Å². The predicted octanol–water partition coefficient (Wildman–Crippen LogP) is 4.21. The van der Waals surface area contributed by atoms with Crippen LogP contribution in [0.25, 0.3) is 0 Å². The van der Waals surface area contributed by atoms with Gasteiger partial charge in [-0.05, 0) is 50.4 Å². The molecule has 2 nitrogen and oxygen atoms in total. The average Bonchev–Trinajstić information content (AvgIpc) is 2.27. The van der Waals surface area contributed by atoms with E-state index in [1.54, 1.807) is 0 Å². The summed E-state index contributed by atoms with van der Waals surface area (Å²) in [4.78, 5) is 11.6. The molecule has 88 valence electrons. The Morgan fingerprint density at radius 1 is 1.38 bits per heavy atom. The zero-order chi connectivity index (χ0) is 12.1. The largest absolute Gasteiger partial charge is 0.483 e. The van der Waals surface area contributed by atoms with E-state index in [0.29, 0.717) is 5.75 Å². The number of para-hydroxylation sites is 1. The molecule has 0 aliphatic rings. The Kier molecular flexibility index (Phi) is 5.49. The van der Waals surface area contributed by atoms with E-state index in [-0.39, 0.29) is 18.3 Å². The lowest BCUT2D eigenvalue weighted by molar-refractivity contribution is -0.124. The fourth-order valence-electron chi connectivity index (χ4n) is 1.13. The van der Waals surface area contributed by atoms with E-state index < -0.39 is 0 Å². The summed E-state index contributed by atoms with van der Waals surface area (Å²) in [6, 6.07) is 5.67. The fourth-order valence-corrected chi connectivity index (χ4v) is 2.36. The van der Waals surface area contributed by atoms with Gasteiger partial charge in [-0.2, -0.15) is 0 Å². The monoisotopic (exact) mass is 348 g/mol. The quantitative estimate of drug-likeness (QED) is 0.796. The first-order valence-corrected chi connectivity index (χ1v) is 6.74. The van der Waals surface area contributed by atoms with E-state index in [4.69, 9.17) is 4.74 Å². The average molecular weight is 350 g/mol. The van der Waals surface area contributed by atoms with Crippen LogP contribution in [0, 0.1) is 5.92 Å². The molecule has 0 radical (unpaired) electrons. The molecule has 0 spiro atoms. The van der Waals surface area contributed by atoms with Crippen molar-refractivity contribution in [2.24, 2.45) is 5.92 Å². The Balaban J connectivity index is 2.65. The number of carbonyl (C=O) groups is 1. The van der Waals surface area contributed by atoms with Crippen LogP contribution in [0.2, 0.25) is 0 Å². The van der Waals surface area contributed by atoms with Crippen LogP contribution in [0.3, 0.4) is 0 Å². The molecule has 0 aromatic heterocycles. The van der Waals surface area contributed by atoms with Crippen molar-refractivity contribution in [2.75, 3.05) is 6.61 Å². The topological polar surface area (TPSA) is 26.3 Å². The number of ether oxygens (including phenoxy) is 1. The molecular formula is C12H14Br2O2. The highest BCUT2D eigenvalue weighted by atomic mass is 79.9. The fraction of sp³-hybridized carbons (Fsp3) is 0.417. The normalized spacial score (nSPS) is 12.2. The number of hydrogen-bond donors (Lipinski definition) is 0. The molecule has 0 saturated carbocycles. The zero-order valence-electron chi connectivity index (χ0n) is 9.30. The summed E-state index contributed by atoms with van der Waals surface area (Å²) in [5.41, 5.74) is 0. The Bertz CT molecular complexity index is 357. The third-order valence-electron chi connectivity index (χ3n) is 2.44. The summed E-state index contributed by atoms with van der Waals surface area (Å²) in [6.07, 6.45) is 0.847. The van der Waals surface area contributed by atoms with Gasteiger partial charge in [-0.3, -0.25) is 4.79 Å². The van der Waals surface area contributed by atoms with Crippen molar-refractivity contribution in [3.63, 3.8) is 0 Å². The SMILES string of the molecule is CCC(C)C(=O)COc1c(Br)cccc1Br. The lowest BCUT2D eigenvalue weighted by atomic mass is 10.1. The maximum absolute atomic E-state index is 11.6. The molecule has 1 aromatic rings. The molecule has 16 heavy (non-hydrogen) atoms. The van der Waals surface area contributed by atoms with Gasteiger partial charge in [-0.1, -0.05) is 19.9 Å². The van der Waals surface area contributed by atoms with Crippen LogP contribution in [0.1, 0.15) is 20.3 Å². The third kappa shape index (κ3) is 3.59. The van der Waals surface area contributed by atoms with Crippen molar-refractivity contribution in [1.82, 2.24) is 0 Å². The summed E-state index contributed by atoms with van der Waals surface area (Å²) < 4.78 is 7.20. The minimum absolute atomic E-state index is 0.0567. The molecule has 0 fully saturated rings. The maximum Gasteiger partial charge on any atom is 0.172 e. The second-order valence-corrected chi connectivity index (χ2v) is 5.32. The van der Waals surface area contributed by atoms with Crippen molar-refractivity contribution in [3.05, 3.63) is 27.1 Å². The molecular weight excluding hydrogens is 336 g/mol. The summed E-state index contributed by atoms with van der Waals surface area (Å²) in [6.45, 7) is 4.04. The molecule has 4 heteroatoms. The minimum Gasteiger partial charge on any atom is -0.483 e. The number of halogens is 2. The molecule has 0 N–H and O–H groups in total. The molecule has 1 rings (SSSR count). The lowest BCUT2D eigenvalue weighted by Crippen LogP contribution is -2.18. The molecule has 0 saturated heterocycles. The molecule has 0 aliphatic carbocycles. The minimum atomic E-state index is 0.0567. The van der Waals surface area contributed by atoms with E-state index in [2.05, 4.69) is 31.9 Å². The third-order valence-corrected chi connectivity index (χ3v) is 3.69. The smallest absolute Gasteiger partial charge is 0.172 e. The highest BCUT2D eigenvalue weighted by Crippen LogP contribution is 2.32. The highest BCUT2D eigenvalue weighted by molar-refractivity contribution is 9.11. The van der Waals surface area contributed by atoms with E-state index in [1.165, 1.54) is 0 Å². The van der Waals surface area contributed by atoms with Gasteiger partial charge in [0, 0.05) is 5.92 Å². The van der Waals surface area contributed by atoms with Gasteiger partial charge in [0.1, 0.15) is 12.4 Å². The second kappa shape index (κ2) is 6.40. The van der Waals surface area contributed by atoms with Crippen molar-refractivity contribution in [3.8, 4) is 5.75 Å². The standard InChI is InChI=1S/C12H14Br2O2/c1-3-8(2)11(15)7-16-12-9(13)5-4-6-10(12)14/h4-6,8H,3,7H2,1-2H3. The van der Waals surface area contributed by atoms with Crippen LogP contribution in [-0.2, 0) is 4.79 Å². The van der Waals surface area contributed by atoms with Crippen molar-refractivity contribution < 1.29 is 9.53 Å². The predicted molar refractivity (Wildman–Crippen MR) is 71.8 cm³/mol. The number of Topliss-reactive ketones (excluding diaryl/α,β-unsaturated/α-hetero) is 1. The van der Waals surface area contributed by atoms with Crippen LogP contribution < -0.4 is 4.74 Å². The molecule has 0 bridgehead atoms. The van der Waals surface area contributed by atoms with E-state index in [0.717, 1.165) is 15.4 Å². The Morgan fingerprint density at radius 2 is 1.94 bits per heavy atom. The van der Waals surface area contributed by atoms with Crippen LogP contribution in [0.5, 0.6) is 5.75 Å². The van der Waals surface area contributed by atoms with Crippen LogP contribution in [-0.4, -0.2) is 12.4 Å². The van der Waals surface area contributed by atoms with Gasteiger partial charge in [-0.15, -0.1) is 0 Å². The number of benzene rings is 1. The molecule has 0 aliphatic heterocycles. The van der Waals surface area contributed by atoms with Crippen molar-refractivity contribution in [1.29, 1.82) is 0 Å². The van der Waals surface area contributed by atoms with Gasteiger partial charge < -0.3 is 4.74 Å². The first-order valence-electron chi connectivity index (χ1n) is 5.15. The molecule has 1 aromatic carbocycles. The first kappa shape index (κ1) is 13.7. The maximum atomic E-state index is 11.6. The van der Waals surface area contributed by atoms with E-state index in [1.807, 2.05) is 32.0 Å². The number of carbonyl (C=O) groups excluding carboxylic acids is 1. The summed E-state index contributed by atoms with van der Waals surface area (Å²) in [5.74, 6) is 0.866. The van der Waals surface area contributed by atoms with Crippen molar-refractivity contribution in [2.45, 2.75) is 20.3 Å². The number of ketones is 1. The highest BCUT2D eigenvalue weighted by Gasteiger charge is 2.13. The van der Waals surface area contributed by atoms with Gasteiger partial charge in [0.25, 0.3) is 0 Å². The molecule has 1 unspecified atom stereocenters. The van der Waals surface area contributed by atoms with Gasteiger partial charge in [0.05, 0.1) is 8.95 Å². The van der Waals surface area contributed by atoms with Crippen LogP contribution in [0.4, 0.5) is 0 Å². The summed E-state index contributed by atoms with van der Waals surface area (Å²) >= 11 is 6.77. The molecule has 0 heterocycles. The van der Waals surface area contributed by atoms with Gasteiger partial charge in [0.15, 0.2) is 5.78 Å². The van der Waals surface area contributed by atoms with Gasteiger partial charge in [0.2, 0.25) is 0 Å².